The lowest BCUT2D eigenvalue weighted by molar-refractivity contribution is 0.101. The molecule has 3 N–H and O–H groups in total. The topological polar surface area (TPSA) is 112 Å². The van der Waals surface area contributed by atoms with Gasteiger partial charge in [0.25, 0.3) is 5.91 Å². The number of nitrogens with zero attached hydrogens (tertiary/aromatic N) is 3. The number of hydrogen-bond donors (Lipinski definition) is 2. The number of aryl methyl sites for hydroxylation is 3. The maximum absolute atomic E-state index is 15.3. The van der Waals surface area contributed by atoms with Gasteiger partial charge in [-0.1, -0.05) is 97.1 Å². The maximum atomic E-state index is 15.3. The van der Waals surface area contributed by atoms with Crippen molar-refractivity contribution in [2.24, 2.45) is 9.50 Å². The van der Waals surface area contributed by atoms with Crippen LogP contribution in [0, 0.1) is 0 Å². The number of ether oxygens (including phenoxy) is 1. The number of rotatable bonds is 7. The molecule has 8 nitrogen and oxygen atoms in total. The van der Waals surface area contributed by atoms with Crippen molar-refractivity contribution in [1.82, 2.24) is 9.78 Å². The zero-order chi connectivity index (χ0) is 32.0. The second-order valence-corrected chi connectivity index (χ2v) is 14.3. The number of benzene rings is 4. The van der Waals surface area contributed by atoms with E-state index in [0.717, 1.165) is 60.9 Å². The van der Waals surface area contributed by atoms with Crippen molar-refractivity contribution in [3.05, 3.63) is 142 Å². The van der Waals surface area contributed by atoms with Gasteiger partial charge >= 0.3 is 0 Å². The van der Waals surface area contributed by atoms with Gasteiger partial charge < -0.3 is 10.1 Å². The number of amides is 1. The molecule has 0 radical (unpaired) electrons. The molecule has 0 bridgehead atoms. The summed E-state index contributed by atoms with van der Waals surface area (Å²) < 4.78 is 28.2. The molecule has 2 aliphatic carbocycles. The highest BCUT2D eigenvalue weighted by atomic mass is 32.2. The fourth-order valence-electron chi connectivity index (χ4n) is 7.60. The molecule has 0 spiro atoms. The molecule has 5 aromatic rings. The van der Waals surface area contributed by atoms with Gasteiger partial charge in [-0.3, -0.25) is 4.79 Å². The van der Waals surface area contributed by atoms with E-state index in [1.165, 1.54) is 22.3 Å². The molecule has 1 atom stereocenters. The van der Waals surface area contributed by atoms with Gasteiger partial charge in [-0.15, -0.1) is 0 Å². The Morgan fingerprint density at radius 3 is 1.87 bits per heavy atom. The second-order valence-electron chi connectivity index (χ2n) is 12.6. The zero-order valence-electron chi connectivity index (χ0n) is 26.2. The molecule has 0 saturated carbocycles. The smallest absolute Gasteiger partial charge is 0.277 e. The normalized spacial score (nSPS) is 16.4. The summed E-state index contributed by atoms with van der Waals surface area (Å²) in [6.45, 7) is 0.915. The van der Waals surface area contributed by atoms with Crippen LogP contribution in [0.25, 0.3) is 0 Å². The summed E-state index contributed by atoms with van der Waals surface area (Å²) in [6.07, 6.45) is 6.71. The average molecular weight is 644 g/mol. The quantitative estimate of drug-likeness (QED) is 0.195. The fourth-order valence-corrected chi connectivity index (χ4v) is 9.24. The van der Waals surface area contributed by atoms with Crippen LogP contribution in [0.3, 0.4) is 0 Å². The highest BCUT2D eigenvalue weighted by molar-refractivity contribution is 7.91. The van der Waals surface area contributed by atoms with Crippen LogP contribution in [0.2, 0.25) is 0 Å². The van der Waals surface area contributed by atoms with Crippen molar-refractivity contribution in [1.29, 1.82) is 0 Å². The number of fused-ring (bicyclic) bond motifs is 3. The summed E-state index contributed by atoms with van der Waals surface area (Å²) in [6, 6.07) is 31.5. The second kappa shape index (κ2) is 11.8. The van der Waals surface area contributed by atoms with Gasteiger partial charge in [-0.2, -0.15) is 9.46 Å². The minimum Gasteiger partial charge on any atom is -0.477 e. The van der Waals surface area contributed by atoms with E-state index in [2.05, 4.69) is 11.4 Å². The molecule has 1 aromatic heterocycles. The molecule has 2 heterocycles. The fraction of sp³-hybridized carbons (Fsp3) is 0.263. The van der Waals surface area contributed by atoms with Gasteiger partial charge in [0.1, 0.15) is 15.5 Å². The van der Waals surface area contributed by atoms with E-state index in [0.29, 0.717) is 19.6 Å². The molecule has 1 aliphatic heterocycles. The Hall–Kier alpha value is -4.73. The molecular formula is C38H37N5O3S. The minimum absolute atomic E-state index is 0.0106. The van der Waals surface area contributed by atoms with Crippen LogP contribution in [-0.2, 0) is 47.7 Å². The van der Waals surface area contributed by atoms with Crippen LogP contribution >= 0.6 is 0 Å². The Labute approximate surface area is 275 Å². The molecule has 1 unspecified atom stereocenters. The van der Waals surface area contributed by atoms with Crippen molar-refractivity contribution < 1.29 is 13.7 Å². The van der Waals surface area contributed by atoms with E-state index in [-0.39, 0.29) is 16.5 Å². The number of nitrogens with one attached hydrogen (secondary N) is 1. The number of aromatic nitrogens is 2. The lowest BCUT2D eigenvalue weighted by Crippen LogP contribution is -2.31. The number of carbonyl (C=O) groups excluding carboxylic acids is 1. The van der Waals surface area contributed by atoms with Gasteiger partial charge in [0.05, 0.1) is 6.61 Å². The van der Waals surface area contributed by atoms with E-state index in [1.54, 1.807) is 4.68 Å². The standard InChI is InChI=1S/C38H37N5O3S/c39-47(45,42-38(28-15-4-1-5-16-28,29-17-6-2-7-18-29)30-19-8-3-9-20-30)35-34(41-43-23-12-24-46-37(35)43)36(44)40-33-31-21-10-13-26(31)25-27-14-11-22-32(27)33/h1-9,15-20,25H,10-14,21-24H2,(H,40,44)(H2,39,42,45). The summed E-state index contributed by atoms with van der Waals surface area (Å²) in [4.78, 5) is 14.4. The predicted octanol–water partition coefficient (Wildman–Crippen LogP) is 6.59. The summed E-state index contributed by atoms with van der Waals surface area (Å²) in [7, 11) is -3.85. The van der Waals surface area contributed by atoms with Gasteiger partial charge in [0, 0.05) is 18.7 Å². The summed E-state index contributed by atoms with van der Waals surface area (Å²) in [5.74, 6) is -0.206. The van der Waals surface area contributed by atoms with E-state index in [9.17, 15) is 4.79 Å². The van der Waals surface area contributed by atoms with Crippen LogP contribution in [0.15, 0.2) is 106 Å². The molecule has 9 heteroatoms. The first kappa shape index (κ1) is 29.7. The van der Waals surface area contributed by atoms with Crippen LogP contribution in [0.4, 0.5) is 5.69 Å². The van der Waals surface area contributed by atoms with Crippen molar-refractivity contribution in [3.8, 4) is 5.88 Å². The third-order valence-corrected chi connectivity index (χ3v) is 11.2. The molecule has 0 saturated heterocycles. The third kappa shape index (κ3) is 5.05. The van der Waals surface area contributed by atoms with E-state index in [1.807, 2.05) is 91.0 Å². The first-order valence-corrected chi connectivity index (χ1v) is 18.0. The van der Waals surface area contributed by atoms with Crippen molar-refractivity contribution >= 4 is 21.5 Å². The minimum atomic E-state index is -3.85. The maximum Gasteiger partial charge on any atom is 0.277 e. The molecule has 0 fully saturated rings. The van der Waals surface area contributed by atoms with Gasteiger partial charge in [0.2, 0.25) is 5.88 Å². The van der Waals surface area contributed by atoms with E-state index < -0.39 is 21.4 Å². The van der Waals surface area contributed by atoms with Gasteiger partial charge in [-0.25, -0.2) is 14.0 Å². The Kier molecular flexibility index (Phi) is 7.45. The van der Waals surface area contributed by atoms with Gasteiger partial charge in [-0.05, 0) is 77.5 Å². The number of hydrogen-bond acceptors (Lipinski definition) is 5. The summed E-state index contributed by atoms with van der Waals surface area (Å²) in [5, 5.41) is 14.9. The Bertz CT molecular complexity index is 1970. The number of nitrogens with two attached hydrogens (primary N) is 1. The molecule has 4 aromatic carbocycles. The lowest BCUT2D eigenvalue weighted by Gasteiger charge is -2.32. The van der Waals surface area contributed by atoms with Crippen molar-refractivity contribution in [2.45, 2.75) is 61.9 Å². The van der Waals surface area contributed by atoms with Crippen molar-refractivity contribution in [2.75, 3.05) is 11.9 Å². The predicted molar refractivity (Wildman–Crippen MR) is 183 cm³/mol. The average Bonchev–Trinajstić information content (AvgIpc) is 3.87. The Morgan fingerprint density at radius 2 is 1.34 bits per heavy atom. The van der Waals surface area contributed by atoms with Crippen LogP contribution in [-0.4, -0.2) is 26.5 Å². The highest BCUT2D eigenvalue weighted by Crippen LogP contribution is 2.44. The largest absolute Gasteiger partial charge is 0.477 e. The van der Waals surface area contributed by atoms with Crippen LogP contribution in [0.5, 0.6) is 5.88 Å². The lowest BCUT2D eigenvalue weighted by atomic mass is 9.78. The van der Waals surface area contributed by atoms with Crippen LogP contribution < -0.4 is 15.2 Å². The number of anilines is 1. The van der Waals surface area contributed by atoms with E-state index in [4.69, 9.17) is 19.3 Å². The SMILES string of the molecule is NS(=O)(=NC(c1ccccc1)(c1ccccc1)c1ccccc1)c1c(C(=O)Nc2c3c(cc4c2CCC4)CCC3)nn2c1OCCC2. The molecule has 47 heavy (non-hydrogen) atoms. The monoisotopic (exact) mass is 643 g/mol. The molecular weight excluding hydrogens is 607 g/mol. The molecule has 1 amide bonds. The highest BCUT2D eigenvalue weighted by Gasteiger charge is 2.41. The van der Waals surface area contributed by atoms with Gasteiger partial charge in [0.15, 0.2) is 10.6 Å². The van der Waals surface area contributed by atoms with Crippen molar-refractivity contribution in [3.63, 3.8) is 0 Å². The summed E-state index contributed by atoms with van der Waals surface area (Å²) in [5.41, 5.74) is 7.01. The first-order valence-electron chi connectivity index (χ1n) is 16.4. The molecule has 8 rings (SSSR count). The zero-order valence-corrected chi connectivity index (χ0v) is 27.0. The number of carbonyl (C=O) groups is 1. The summed E-state index contributed by atoms with van der Waals surface area (Å²) >= 11 is 0. The Balaban J connectivity index is 1.34. The first-order chi connectivity index (χ1) is 23.0. The third-order valence-electron chi connectivity index (χ3n) is 9.68. The molecule has 238 valence electrons. The van der Waals surface area contributed by atoms with E-state index >= 15 is 4.21 Å². The van der Waals surface area contributed by atoms with Crippen LogP contribution in [0.1, 0.15) is 68.7 Å². The Morgan fingerprint density at radius 1 is 0.809 bits per heavy atom. The molecule has 3 aliphatic rings.